The van der Waals surface area contributed by atoms with Crippen molar-refractivity contribution in [1.82, 2.24) is 0 Å². The Morgan fingerprint density at radius 3 is 2.19 bits per heavy atom. The monoisotopic (exact) mass is 226 g/mol. The molecule has 1 aromatic carbocycles. The van der Waals surface area contributed by atoms with E-state index in [9.17, 15) is 10.2 Å². The minimum absolute atomic E-state index is 0.162. The highest BCUT2D eigenvalue weighted by atomic mass is 16.3. The zero-order valence-electron chi connectivity index (χ0n) is 8.69. The van der Waals surface area contributed by atoms with Crippen molar-refractivity contribution in [3.05, 3.63) is 29.8 Å². The van der Waals surface area contributed by atoms with E-state index in [1.165, 1.54) is 12.1 Å². The minimum Gasteiger partial charge on any atom is -0.508 e. The first-order chi connectivity index (χ1) is 7.63. The lowest BCUT2D eigenvalue weighted by Gasteiger charge is -2.12. The average Bonchev–Trinajstić information content (AvgIpc) is 2.57. The lowest BCUT2D eigenvalue weighted by molar-refractivity contribution is -0.714. The molecule has 88 valence electrons. The summed E-state index contributed by atoms with van der Waals surface area (Å²) in [6.45, 7) is -0.174. The predicted octanol–water partition coefficient (Wildman–Crippen LogP) is -1.91. The molecule has 6 N–H and O–H groups in total. The van der Waals surface area contributed by atoms with Crippen LogP contribution in [0.4, 0.5) is 0 Å². The number of benzene rings is 1. The van der Waals surface area contributed by atoms with Crippen LogP contribution in [0.1, 0.15) is 11.6 Å². The van der Waals surface area contributed by atoms with E-state index >= 15 is 0 Å². The fraction of sp³-hybridized carbons (Fsp3) is 0.455. The number of hydrogen-bond donors (Lipinski definition) is 5. The quantitative estimate of drug-likeness (QED) is 0.406. The fourth-order valence-electron chi connectivity index (χ4n) is 2.13. The Labute approximate surface area is 93.0 Å². The molecule has 5 nitrogen and oxygen atoms in total. The van der Waals surface area contributed by atoms with Gasteiger partial charge in [-0.25, -0.2) is 0 Å². The van der Waals surface area contributed by atoms with Gasteiger partial charge in [-0.1, -0.05) is 0 Å². The largest absolute Gasteiger partial charge is 0.508 e. The molecule has 0 aliphatic carbocycles. The number of nitrogens with two attached hydrogens (primary N) is 1. The van der Waals surface area contributed by atoms with Gasteiger partial charge in [-0.3, -0.25) is 0 Å². The molecule has 0 radical (unpaired) electrons. The van der Waals surface area contributed by atoms with Gasteiger partial charge in [0.15, 0.2) is 0 Å². The lowest BCUT2D eigenvalue weighted by atomic mass is 10.0. The topological polar surface area (TPSA) is 97.5 Å². The number of aromatic hydroxyl groups is 1. The summed E-state index contributed by atoms with van der Waals surface area (Å²) in [5.74, 6) is 0.162. The SMILES string of the molecule is OC[C@H]1[NH2+][C@H](c2ccc(O)cc2)[C@@H](O)[C@@H]1O. The predicted molar refractivity (Wildman–Crippen MR) is 55.7 cm³/mol. The van der Waals surface area contributed by atoms with E-state index in [-0.39, 0.29) is 18.4 Å². The maximum absolute atomic E-state index is 9.83. The zero-order chi connectivity index (χ0) is 11.7. The molecule has 1 aliphatic rings. The minimum atomic E-state index is -0.927. The highest BCUT2D eigenvalue weighted by Crippen LogP contribution is 2.22. The Morgan fingerprint density at radius 2 is 1.69 bits per heavy atom. The highest BCUT2D eigenvalue weighted by Gasteiger charge is 2.45. The maximum Gasteiger partial charge on any atom is 0.142 e. The first kappa shape index (κ1) is 11.3. The Bertz CT molecular complexity index is 354. The van der Waals surface area contributed by atoms with E-state index in [1.807, 2.05) is 0 Å². The van der Waals surface area contributed by atoms with Gasteiger partial charge < -0.3 is 25.7 Å². The summed E-state index contributed by atoms with van der Waals surface area (Å²) in [4.78, 5) is 0. The van der Waals surface area contributed by atoms with E-state index in [0.717, 1.165) is 5.56 Å². The summed E-state index contributed by atoms with van der Waals surface area (Å²) in [6, 6.07) is 5.78. The second-order valence-electron chi connectivity index (χ2n) is 4.14. The van der Waals surface area contributed by atoms with Crippen LogP contribution in [0.5, 0.6) is 5.75 Å². The molecule has 5 heteroatoms. The molecule has 0 bridgehead atoms. The van der Waals surface area contributed by atoms with Crippen LogP contribution in [0, 0.1) is 0 Å². The number of phenols is 1. The van der Waals surface area contributed by atoms with Crippen molar-refractivity contribution in [3.63, 3.8) is 0 Å². The third-order valence-electron chi connectivity index (χ3n) is 3.10. The van der Waals surface area contributed by atoms with Crippen LogP contribution in [0.2, 0.25) is 0 Å². The van der Waals surface area contributed by atoms with Gasteiger partial charge in [-0.2, -0.15) is 0 Å². The van der Waals surface area contributed by atoms with Crippen LogP contribution in [0.15, 0.2) is 24.3 Å². The molecule has 0 spiro atoms. The van der Waals surface area contributed by atoms with Crippen molar-refractivity contribution in [2.24, 2.45) is 0 Å². The van der Waals surface area contributed by atoms with Crippen LogP contribution >= 0.6 is 0 Å². The van der Waals surface area contributed by atoms with Gasteiger partial charge in [0.2, 0.25) is 0 Å². The van der Waals surface area contributed by atoms with Crippen molar-refractivity contribution in [2.75, 3.05) is 6.61 Å². The molecule has 0 aromatic heterocycles. The molecule has 1 heterocycles. The van der Waals surface area contributed by atoms with Gasteiger partial charge in [0.1, 0.15) is 30.0 Å². The number of aliphatic hydroxyl groups excluding tert-OH is 3. The van der Waals surface area contributed by atoms with E-state index in [4.69, 9.17) is 10.2 Å². The highest BCUT2D eigenvalue weighted by molar-refractivity contribution is 5.28. The number of rotatable bonds is 2. The second kappa shape index (κ2) is 4.39. The molecule has 2 rings (SSSR count). The van der Waals surface area contributed by atoms with Gasteiger partial charge in [-0.05, 0) is 24.3 Å². The Kier molecular flexibility index (Phi) is 3.11. The van der Waals surface area contributed by atoms with Crippen molar-refractivity contribution in [1.29, 1.82) is 0 Å². The molecule has 0 amide bonds. The Hall–Kier alpha value is -1.14. The molecular weight excluding hydrogens is 210 g/mol. The second-order valence-corrected chi connectivity index (χ2v) is 4.14. The van der Waals surface area contributed by atoms with Gasteiger partial charge in [0, 0.05) is 5.56 Å². The third kappa shape index (κ3) is 1.90. The number of aliphatic hydroxyl groups is 3. The molecular formula is C11H16NO4+. The summed E-state index contributed by atoms with van der Waals surface area (Å²) in [7, 11) is 0. The molecule has 1 saturated heterocycles. The maximum atomic E-state index is 9.83. The molecule has 1 aromatic rings. The smallest absolute Gasteiger partial charge is 0.142 e. The molecule has 16 heavy (non-hydrogen) atoms. The summed E-state index contributed by atoms with van der Waals surface area (Å²) in [6.07, 6.45) is -1.83. The average molecular weight is 226 g/mol. The summed E-state index contributed by atoms with van der Waals surface area (Å²) >= 11 is 0. The first-order valence-corrected chi connectivity index (χ1v) is 5.24. The summed E-state index contributed by atoms with van der Waals surface area (Å²) in [5, 5.41) is 39.4. The van der Waals surface area contributed by atoms with Gasteiger partial charge in [-0.15, -0.1) is 0 Å². The van der Waals surface area contributed by atoms with Crippen LogP contribution in [0.3, 0.4) is 0 Å². The van der Waals surface area contributed by atoms with E-state index in [0.29, 0.717) is 0 Å². The zero-order valence-corrected chi connectivity index (χ0v) is 8.69. The van der Waals surface area contributed by atoms with Crippen LogP contribution < -0.4 is 5.32 Å². The molecule has 0 saturated carbocycles. The molecule has 0 unspecified atom stereocenters. The van der Waals surface area contributed by atoms with Gasteiger partial charge >= 0.3 is 0 Å². The third-order valence-corrected chi connectivity index (χ3v) is 3.10. The lowest BCUT2D eigenvalue weighted by Crippen LogP contribution is -2.89. The van der Waals surface area contributed by atoms with Crippen molar-refractivity contribution >= 4 is 0 Å². The standard InChI is InChI=1S/C11H15NO4/c13-5-8-10(15)11(16)9(12-8)6-1-3-7(14)4-2-6/h1-4,8-16H,5H2/p+1/t8-,9-,10-,11-/m1/s1. The molecule has 1 aliphatic heterocycles. The Balaban J connectivity index is 2.19. The first-order valence-electron chi connectivity index (χ1n) is 5.24. The van der Waals surface area contributed by atoms with E-state index in [1.54, 1.807) is 17.4 Å². The normalized spacial score (nSPS) is 34.2. The van der Waals surface area contributed by atoms with Crippen LogP contribution in [-0.2, 0) is 0 Å². The number of quaternary nitrogens is 1. The fourth-order valence-corrected chi connectivity index (χ4v) is 2.13. The summed E-state index contributed by atoms with van der Waals surface area (Å²) in [5.41, 5.74) is 0.820. The van der Waals surface area contributed by atoms with E-state index < -0.39 is 18.2 Å². The van der Waals surface area contributed by atoms with Crippen LogP contribution in [-0.4, -0.2) is 45.3 Å². The Morgan fingerprint density at radius 1 is 1.06 bits per heavy atom. The van der Waals surface area contributed by atoms with Crippen molar-refractivity contribution in [3.8, 4) is 5.75 Å². The number of phenolic OH excluding ortho intramolecular Hbond substituents is 1. The molecule has 4 atom stereocenters. The van der Waals surface area contributed by atoms with E-state index in [2.05, 4.69) is 0 Å². The van der Waals surface area contributed by atoms with Crippen molar-refractivity contribution in [2.45, 2.75) is 24.3 Å². The summed E-state index contributed by atoms with van der Waals surface area (Å²) < 4.78 is 0. The van der Waals surface area contributed by atoms with Crippen LogP contribution in [0.25, 0.3) is 0 Å². The van der Waals surface area contributed by atoms with Gasteiger partial charge in [0.25, 0.3) is 0 Å². The van der Waals surface area contributed by atoms with Gasteiger partial charge in [0.05, 0.1) is 6.61 Å². The molecule has 1 fully saturated rings. The number of hydrogen-bond acceptors (Lipinski definition) is 4. The van der Waals surface area contributed by atoms with Crippen molar-refractivity contribution < 1.29 is 25.7 Å².